The second-order valence-electron chi connectivity index (χ2n) is 5.26. The molecule has 2 aromatic rings. The molecule has 0 spiro atoms. The molecular weight excluding hydrogens is 264 g/mol. The fourth-order valence-electron chi connectivity index (χ4n) is 1.74. The summed E-state index contributed by atoms with van der Waals surface area (Å²) < 4.78 is 28.6. The Labute approximate surface area is 115 Å². The third-order valence-corrected chi connectivity index (χ3v) is 3.46. The van der Waals surface area contributed by atoms with Gasteiger partial charge in [-0.3, -0.25) is 0 Å². The number of nitrogens with zero attached hydrogens (tertiary/aromatic N) is 4. The Morgan fingerprint density at radius 1 is 1.20 bits per heavy atom. The van der Waals surface area contributed by atoms with Crippen molar-refractivity contribution in [3.63, 3.8) is 0 Å². The van der Waals surface area contributed by atoms with Crippen LogP contribution in [-0.4, -0.2) is 20.2 Å². The van der Waals surface area contributed by atoms with Gasteiger partial charge in [0.1, 0.15) is 11.6 Å². The van der Waals surface area contributed by atoms with Crippen LogP contribution in [-0.2, 0) is 6.54 Å². The van der Waals surface area contributed by atoms with E-state index >= 15 is 0 Å². The Bertz CT molecular complexity index is 609. The summed E-state index contributed by atoms with van der Waals surface area (Å²) in [5, 5.41) is 11.2. The van der Waals surface area contributed by atoms with Gasteiger partial charge < -0.3 is 5.73 Å². The number of halogens is 2. The number of nitrogen functional groups attached to an aromatic ring is 1. The highest BCUT2D eigenvalue weighted by atomic mass is 19.1. The van der Waals surface area contributed by atoms with E-state index in [2.05, 4.69) is 36.3 Å². The van der Waals surface area contributed by atoms with E-state index in [1.807, 2.05) is 0 Å². The van der Waals surface area contributed by atoms with Gasteiger partial charge in [0.25, 0.3) is 0 Å². The number of aromatic nitrogens is 4. The van der Waals surface area contributed by atoms with Gasteiger partial charge in [0.2, 0.25) is 0 Å². The van der Waals surface area contributed by atoms with Gasteiger partial charge in [0.15, 0.2) is 5.82 Å². The van der Waals surface area contributed by atoms with Gasteiger partial charge in [-0.05, 0) is 28.3 Å². The van der Waals surface area contributed by atoms with Crippen molar-refractivity contribution in [1.29, 1.82) is 0 Å². The maximum absolute atomic E-state index is 13.9. The van der Waals surface area contributed by atoms with Gasteiger partial charge in [-0.15, -0.1) is 5.10 Å². The molecule has 20 heavy (non-hydrogen) atoms. The SMILES string of the molecule is CC(C)C(C)Cn1nnnc1-c1cc(N)c(F)cc1F. The van der Waals surface area contributed by atoms with E-state index in [0.717, 1.165) is 6.07 Å². The van der Waals surface area contributed by atoms with Gasteiger partial charge >= 0.3 is 0 Å². The highest BCUT2D eigenvalue weighted by Crippen LogP contribution is 2.25. The molecule has 7 heteroatoms. The van der Waals surface area contributed by atoms with Crippen LogP contribution in [0.3, 0.4) is 0 Å². The molecule has 1 aromatic heterocycles. The minimum atomic E-state index is -0.791. The second kappa shape index (κ2) is 5.52. The van der Waals surface area contributed by atoms with Crippen LogP contribution in [0.5, 0.6) is 0 Å². The van der Waals surface area contributed by atoms with Gasteiger partial charge in [-0.2, -0.15) is 0 Å². The molecule has 5 nitrogen and oxygen atoms in total. The molecule has 0 amide bonds. The molecule has 0 bridgehead atoms. The summed E-state index contributed by atoms with van der Waals surface area (Å²) in [7, 11) is 0. The Morgan fingerprint density at radius 3 is 2.55 bits per heavy atom. The van der Waals surface area contributed by atoms with E-state index in [9.17, 15) is 8.78 Å². The molecule has 1 atom stereocenters. The van der Waals surface area contributed by atoms with Crippen molar-refractivity contribution in [2.45, 2.75) is 27.3 Å². The van der Waals surface area contributed by atoms with Crippen molar-refractivity contribution >= 4 is 5.69 Å². The van der Waals surface area contributed by atoms with Crippen molar-refractivity contribution in [1.82, 2.24) is 20.2 Å². The van der Waals surface area contributed by atoms with Crippen LogP contribution in [0.2, 0.25) is 0 Å². The lowest BCUT2D eigenvalue weighted by Crippen LogP contribution is -2.15. The monoisotopic (exact) mass is 281 g/mol. The lowest BCUT2D eigenvalue weighted by molar-refractivity contribution is 0.347. The van der Waals surface area contributed by atoms with Crippen LogP contribution < -0.4 is 5.73 Å². The number of rotatable bonds is 4. The highest BCUT2D eigenvalue weighted by molar-refractivity contribution is 5.62. The van der Waals surface area contributed by atoms with Crippen molar-refractivity contribution in [3.05, 3.63) is 23.8 Å². The maximum atomic E-state index is 13.9. The van der Waals surface area contributed by atoms with Gasteiger partial charge in [-0.1, -0.05) is 20.8 Å². The average Bonchev–Trinajstić information content (AvgIpc) is 2.81. The van der Waals surface area contributed by atoms with Crippen LogP contribution in [0.25, 0.3) is 11.4 Å². The number of benzene rings is 1. The Morgan fingerprint density at radius 2 is 1.90 bits per heavy atom. The molecular formula is C13H17F2N5. The minimum Gasteiger partial charge on any atom is -0.396 e. The average molecular weight is 281 g/mol. The number of tetrazole rings is 1. The van der Waals surface area contributed by atoms with E-state index in [4.69, 9.17) is 5.73 Å². The van der Waals surface area contributed by atoms with E-state index in [0.29, 0.717) is 18.4 Å². The Hall–Kier alpha value is -2.05. The predicted octanol–water partition coefficient (Wildman–Crippen LogP) is 2.49. The van der Waals surface area contributed by atoms with Crippen LogP contribution in [0.15, 0.2) is 12.1 Å². The van der Waals surface area contributed by atoms with E-state index in [1.54, 1.807) is 0 Å². The van der Waals surface area contributed by atoms with Crippen molar-refractivity contribution in [3.8, 4) is 11.4 Å². The number of nitrogens with two attached hydrogens (primary N) is 1. The van der Waals surface area contributed by atoms with Crippen LogP contribution >= 0.6 is 0 Å². The molecule has 0 aliphatic heterocycles. The standard InChI is InChI=1S/C13H17F2N5/c1-7(2)8(3)6-20-13(17-18-19-20)9-4-12(16)11(15)5-10(9)14/h4-5,7-8H,6,16H2,1-3H3. The van der Waals surface area contributed by atoms with Crippen LogP contribution in [0, 0.1) is 23.5 Å². The largest absolute Gasteiger partial charge is 0.396 e. The van der Waals surface area contributed by atoms with Crippen molar-refractivity contribution in [2.24, 2.45) is 11.8 Å². The van der Waals surface area contributed by atoms with E-state index < -0.39 is 11.6 Å². The molecule has 1 aromatic carbocycles. The Kier molecular flexibility index (Phi) is 3.96. The third kappa shape index (κ3) is 2.76. The molecule has 108 valence electrons. The number of anilines is 1. The quantitative estimate of drug-likeness (QED) is 0.874. The van der Waals surface area contributed by atoms with Crippen LogP contribution in [0.4, 0.5) is 14.5 Å². The van der Waals surface area contributed by atoms with Crippen LogP contribution in [0.1, 0.15) is 20.8 Å². The smallest absolute Gasteiger partial charge is 0.185 e. The number of hydrogen-bond acceptors (Lipinski definition) is 4. The second-order valence-corrected chi connectivity index (χ2v) is 5.26. The molecule has 0 aliphatic rings. The summed E-state index contributed by atoms with van der Waals surface area (Å²) in [4.78, 5) is 0. The van der Waals surface area contributed by atoms with Gasteiger partial charge in [0, 0.05) is 12.6 Å². The molecule has 0 fully saturated rings. The molecule has 0 saturated carbocycles. The topological polar surface area (TPSA) is 69.6 Å². The summed E-state index contributed by atoms with van der Waals surface area (Å²) in [5.41, 5.74) is 5.45. The Balaban J connectivity index is 2.40. The molecule has 1 heterocycles. The highest BCUT2D eigenvalue weighted by Gasteiger charge is 2.18. The zero-order chi connectivity index (χ0) is 14.9. The summed E-state index contributed by atoms with van der Waals surface area (Å²) in [6.45, 7) is 6.79. The molecule has 1 unspecified atom stereocenters. The first kappa shape index (κ1) is 14.4. The van der Waals surface area contributed by atoms with E-state index in [1.165, 1.54) is 10.7 Å². The molecule has 0 aliphatic carbocycles. The van der Waals surface area contributed by atoms with Gasteiger partial charge in [0.05, 0.1) is 11.3 Å². The van der Waals surface area contributed by atoms with E-state index in [-0.39, 0.29) is 17.1 Å². The summed E-state index contributed by atoms with van der Waals surface area (Å²) in [5.74, 6) is -0.513. The lowest BCUT2D eigenvalue weighted by Gasteiger charge is -2.16. The summed E-state index contributed by atoms with van der Waals surface area (Å²) >= 11 is 0. The first-order valence-electron chi connectivity index (χ1n) is 6.41. The van der Waals surface area contributed by atoms with Crippen molar-refractivity contribution < 1.29 is 8.78 Å². The van der Waals surface area contributed by atoms with Gasteiger partial charge in [-0.25, -0.2) is 13.5 Å². The normalized spacial score (nSPS) is 12.9. The molecule has 0 radical (unpaired) electrons. The summed E-state index contributed by atoms with van der Waals surface area (Å²) in [6, 6.07) is 1.96. The fourth-order valence-corrected chi connectivity index (χ4v) is 1.74. The number of hydrogen-bond donors (Lipinski definition) is 1. The molecule has 2 N–H and O–H groups in total. The lowest BCUT2D eigenvalue weighted by atomic mass is 9.98. The molecule has 2 rings (SSSR count). The first-order valence-corrected chi connectivity index (χ1v) is 6.41. The fraction of sp³-hybridized carbons (Fsp3) is 0.462. The zero-order valence-corrected chi connectivity index (χ0v) is 11.6. The summed E-state index contributed by atoms with van der Waals surface area (Å²) in [6.07, 6.45) is 0. The van der Waals surface area contributed by atoms with Crippen molar-refractivity contribution in [2.75, 3.05) is 5.73 Å². The predicted molar refractivity (Wildman–Crippen MR) is 71.6 cm³/mol. The zero-order valence-electron chi connectivity index (χ0n) is 11.6. The first-order chi connectivity index (χ1) is 9.40. The third-order valence-electron chi connectivity index (χ3n) is 3.46. The molecule has 0 saturated heterocycles. The minimum absolute atomic E-state index is 0.102. The maximum Gasteiger partial charge on any atom is 0.185 e.